The van der Waals surface area contributed by atoms with Crippen molar-refractivity contribution in [3.8, 4) is 0 Å². The first kappa shape index (κ1) is 21.6. The summed E-state index contributed by atoms with van der Waals surface area (Å²) < 4.78 is 11.0. The van der Waals surface area contributed by atoms with Gasteiger partial charge in [-0.2, -0.15) is 0 Å². The van der Waals surface area contributed by atoms with Crippen molar-refractivity contribution in [3.05, 3.63) is 71.8 Å². The maximum Gasteiger partial charge on any atom is 0.408 e. The van der Waals surface area contributed by atoms with E-state index in [0.717, 1.165) is 11.1 Å². The van der Waals surface area contributed by atoms with Crippen LogP contribution in [0.1, 0.15) is 38.3 Å². The van der Waals surface area contributed by atoms with Crippen LogP contribution in [-0.2, 0) is 27.3 Å². The van der Waals surface area contributed by atoms with E-state index in [4.69, 9.17) is 9.47 Å². The van der Waals surface area contributed by atoms with Crippen LogP contribution in [0.25, 0.3) is 0 Å². The van der Waals surface area contributed by atoms with E-state index in [2.05, 4.69) is 5.32 Å². The van der Waals surface area contributed by atoms with Gasteiger partial charge < -0.3 is 14.8 Å². The summed E-state index contributed by atoms with van der Waals surface area (Å²) in [6.07, 6.45) is 0.318. The lowest BCUT2D eigenvalue weighted by Gasteiger charge is -2.23. The number of hydrogen-bond acceptors (Lipinski definition) is 4. The number of ether oxygens (including phenoxy) is 2. The normalized spacial score (nSPS) is 12.2. The van der Waals surface area contributed by atoms with Gasteiger partial charge in [0.15, 0.2) is 5.78 Å². The number of hydrogen-bond donors (Lipinski definition) is 1. The Morgan fingerprint density at radius 2 is 1.50 bits per heavy atom. The number of nitrogens with one attached hydrogen (secondary N) is 1. The summed E-state index contributed by atoms with van der Waals surface area (Å²) in [6, 6.07) is 18.7. The molecule has 5 heteroatoms. The largest absolute Gasteiger partial charge is 0.444 e. The first-order valence-electron chi connectivity index (χ1n) is 9.51. The maximum absolute atomic E-state index is 12.7. The lowest BCUT2D eigenvalue weighted by molar-refractivity contribution is -0.122. The van der Waals surface area contributed by atoms with E-state index < -0.39 is 17.7 Å². The topological polar surface area (TPSA) is 64.6 Å². The van der Waals surface area contributed by atoms with E-state index in [9.17, 15) is 9.59 Å². The SMILES string of the molecule is CC(C)(C)OC(=O)NC(COCc1ccccc1)C(=O)CCc1ccccc1. The Hall–Kier alpha value is -2.66. The molecule has 2 aromatic rings. The van der Waals surface area contributed by atoms with Crippen molar-refractivity contribution in [2.24, 2.45) is 0 Å². The standard InChI is InChI=1S/C23H29NO4/c1-23(2,3)28-22(26)24-20(17-27-16-19-12-8-5-9-13-19)21(25)15-14-18-10-6-4-7-11-18/h4-13,20H,14-17H2,1-3H3,(H,24,26). The van der Waals surface area contributed by atoms with E-state index in [1.807, 2.05) is 60.7 Å². The van der Waals surface area contributed by atoms with Gasteiger partial charge in [-0.3, -0.25) is 4.79 Å². The molecule has 0 aromatic heterocycles. The monoisotopic (exact) mass is 383 g/mol. The van der Waals surface area contributed by atoms with Crippen LogP contribution >= 0.6 is 0 Å². The molecular weight excluding hydrogens is 354 g/mol. The second-order valence-corrected chi connectivity index (χ2v) is 7.65. The van der Waals surface area contributed by atoms with E-state index in [-0.39, 0.29) is 12.4 Å². The molecule has 0 aliphatic rings. The smallest absolute Gasteiger partial charge is 0.408 e. The first-order chi connectivity index (χ1) is 13.3. The van der Waals surface area contributed by atoms with Gasteiger partial charge in [-0.25, -0.2) is 4.79 Å². The van der Waals surface area contributed by atoms with Crippen LogP contribution < -0.4 is 5.32 Å². The zero-order chi connectivity index (χ0) is 20.4. The average Bonchev–Trinajstić information content (AvgIpc) is 2.65. The summed E-state index contributed by atoms with van der Waals surface area (Å²) in [6.45, 7) is 5.82. The molecule has 1 amide bonds. The van der Waals surface area contributed by atoms with Crippen LogP contribution in [0.2, 0.25) is 0 Å². The van der Waals surface area contributed by atoms with Gasteiger partial charge in [0.05, 0.1) is 13.2 Å². The van der Waals surface area contributed by atoms with E-state index in [0.29, 0.717) is 19.4 Å². The van der Waals surface area contributed by atoms with Crippen LogP contribution in [0.3, 0.4) is 0 Å². The molecule has 1 N–H and O–H groups in total. The zero-order valence-corrected chi connectivity index (χ0v) is 16.8. The minimum absolute atomic E-state index is 0.0808. The fraction of sp³-hybridized carbons (Fsp3) is 0.391. The predicted molar refractivity (Wildman–Crippen MR) is 109 cm³/mol. The second-order valence-electron chi connectivity index (χ2n) is 7.65. The molecule has 0 heterocycles. The van der Waals surface area contributed by atoms with Gasteiger partial charge in [0.25, 0.3) is 0 Å². The molecule has 2 aromatic carbocycles. The van der Waals surface area contributed by atoms with Crippen LogP contribution in [0.5, 0.6) is 0 Å². The number of rotatable bonds is 9. The van der Waals surface area contributed by atoms with E-state index >= 15 is 0 Å². The molecule has 0 saturated carbocycles. The summed E-state index contributed by atoms with van der Waals surface area (Å²) in [7, 11) is 0. The third kappa shape index (κ3) is 8.35. The molecule has 150 valence electrons. The minimum Gasteiger partial charge on any atom is -0.444 e. The molecule has 1 unspecified atom stereocenters. The highest BCUT2D eigenvalue weighted by Gasteiger charge is 2.24. The summed E-state index contributed by atoms with van der Waals surface area (Å²) in [4.78, 5) is 24.8. The Kier molecular flexibility index (Phi) is 8.20. The summed E-state index contributed by atoms with van der Waals surface area (Å²) in [5.41, 5.74) is 1.46. The highest BCUT2D eigenvalue weighted by atomic mass is 16.6. The molecule has 0 aliphatic carbocycles. The molecule has 0 radical (unpaired) electrons. The molecule has 28 heavy (non-hydrogen) atoms. The molecule has 0 fully saturated rings. The van der Waals surface area contributed by atoms with Gasteiger partial charge in [0, 0.05) is 6.42 Å². The third-order valence-electron chi connectivity index (χ3n) is 3.98. The average molecular weight is 383 g/mol. The van der Waals surface area contributed by atoms with Gasteiger partial charge in [-0.15, -0.1) is 0 Å². The van der Waals surface area contributed by atoms with E-state index in [1.54, 1.807) is 20.8 Å². The van der Waals surface area contributed by atoms with Crippen molar-refractivity contribution in [2.75, 3.05) is 6.61 Å². The summed E-state index contributed by atoms with van der Waals surface area (Å²) >= 11 is 0. The quantitative estimate of drug-likeness (QED) is 0.701. The Labute approximate surface area is 167 Å². The number of alkyl carbamates (subject to hydrolysis) is 1. The number of Topliss-reactive ketones (excluding diaryl/α,β-unsaturated/α-hetero) is 1. The number of carbonyl (C=O) groups is 2. The van der Waals surface area contributed by atoms with Crippen LogP contribution in [0.15, 0.2) is 60.7 Å². The van der Waals surface area contributed by atoms with Crippen molar-refractivity contribution in [1.29, 1.82) is 0 Å². The number of benzene rings is 2. The molecule has 0 bridgehead atoms. The van der Waals surface area contributed by atoms with Gasteiger partial charge in [-0.05, 0) is 38.3 Å². The molecule has 0 aliphatic heterocycles. The molecule has 5 nitrogen and oxygen atoms in total. The Morgan fingerprint density at radius 1 is 0.929 bits per heavy atom. The van der Waals surface area contributed by atoms with Crippen LogP contribution in [-0.4, -0.2) is 30.1 Å². The predicted octanol–water partition coefficient (Wildman–Crippen LogP) is 4.30. The molecule has 1 atom stereocenters. The van der Waals surface area contributed by atoms with Gasteiger partial charge in [0.1, 0.15) is 11.6 Å². The molecule has 0 saturated heterocycles. The molecular formula is C23H29NO4. The maximum atomic E-state index is 12.7. The highest BCUT2D eigenvalue weighted by molar-refractivity contribution is 5.87. The zero-order valence-electron chi connectivity index (χ0n) is 16.8. The Balaban J connectivity index is 1.93. The van der Waals surface area contributed by atoms with Crippen molar-refractivity contribution in [2.45, 2.75) is 51.9 Å². The summed E-state index contributed by atoms with van der Waals surface area (Å²) in [5.74, 6) is -0.0808. The van der Waals surface area contributed by atoms with Gasteiger partial charge >= 0.3 is 6.09 Å². The van der Waals surface area contributed by atoms with Crippen molar-refractivity contribution < 1.29 is 19.1 Å². The Morgan fingerprint density at radius 3 is 2.07 bits per heavy atom. The highest BCUT2D eigenvalue weighted by Crippen LogP contribution is 2.09. The van der Waals surface area contributed by atoms with Crippen molar-refractivity contribution in [3.63, 3.8) is 0 Å². The second kappa shape index (κ2) is 10.6. The van der Waals surface area contributed by atoms with Gasteiger partial charge in [0.2, 0.25) is 0 Å². The number of ketones is 1. The first-order valence-corrected chi connectivity index (χ1v) is 9.51. The number of aryl methyl sites for hydroxylation is 1. The van der Waals surface area contributed by atoms with Crippen LogP contribution in [0.4, 0.5) is 4.79 Å². The molecule has 2 rings (SSSR count). The Bertz CT molecular complexity index is 738. The van der Waals surface area contributed by atoms with Crippen LogP contribution in [0, 0.1) is 0 Å². The minimum atomic E-state index is -0.748. The number of carbonyl (C=O) groups excluding carboxylic acids is 2. The van der Waals surface area contributed by atoms with E-state index in [1.165, 1.54) is 0 Å². The number of amides is 1. The lowest BCUT2D eigenvalue weighted by Crippen LogP contribution is -2.46. The fourth-order valence-corrected chi connectivity index (χ4v) is 2.62. The lowest BCUT2D eigenvalue weighted by atomic mass is 10.0. The summed E-state index contributed by atoms with van der Waals surface area (Å²) in [5, 5.41) is 2.66. The van der Waals surface area contributed by atoms with Crippen molar-refractivity contribution >= 4 is 11.9 Å². The third-order valence-corrected chi connectivity index (χ3v) is 3.98. The fourth-order valence-electron chi connectivity index (χ4n) is 2.62. The molecule has 0 spiro atoms. The van der Waals surface area contributed by atoms with Gasteiger partial charge in [-0.1, -0.05) is 60.7 Å². The van der Waals surface area contributed by atoms with Crippen molar-refractivity contribution in [1.82, 2.24) is 5.32 Å².